The molecule has 7 nitrogen and oxygen atoms in total. The maximum absolute atomic E-state index is 13.3. The van der Waals surface area contributed by atoms with Gasteiger partial charge in [0, 0.05) is 23.1 Å². The predicted molar refractivity (Wildman–Crippen MR) is 128 cm³/mol. The summed E-state index contributed by atoms with van der Waals surface area (Å²) >= 11 is 12.2. The first kappa shape index (κ1) is 26.9. The highest BCUT2D eigenvalue weighted by Crippen LogP contribution is 2.24. The molecule has 11 heteroatoms. The van der Waals surface area contributed by atoms with Crippen molar-refractivity contribution in [3.63, 3.8) is 0 Å². The van der Waals surface area contributed by atoms with E-state index in [-0.39, 0.29) is 18.1 Å². The van der Waals surface area contributed by atoms with Crippen molar-refractivity contribution >= 4 is 50.7 Å². The van der Waals surface area contributed by atoms with Crippen molar-refractivity contribution in [1.82, 2.24) is 10.2 Å². The molecule has 1 atom stereocenters. The molecule has 0 saturated heterocycles. The van der Waals surface area contributed by atoms with Crippen molar-refractivity contribution in [2.45, 2.75) is 32.9 Å². The fourth-order valence-corrected chi connectivity index (χ4v) is 4.35. The van der Waals surface area contributed by atoms with Gasteiger partial charge >= 0.3 is 0 Å². The summed E-state index contributed by atoms with van der Waals surface area (Å²) in [6.07, 6.45) is 1.66. The van der Waals surface area contributed by atoms with E-state index in [2.05, 4.69) is 5.32 Å². The van der Waals surface area contributed by atoms with Gasteiger partial charge in [0.2, 0.25) is 21.8 Å². The molecule has 1 unspecified atom stereocenters. The lowest BCUT2D eigenvalue weighted by molar-refractivity contribution is -0.139. The van der Waals surface area contributed by atoms with Gasteiger partial charge in [-0.2, -0.15) is 0 Å². The van der Waals surface area contributed by atoms with Gasteiger partial charge < -0.3 is 10.2 Å². The maximum atomic E-state index is 13.3. The molecule has 2 rings (SSSR count). The molecular weight excluding hydrogens is 492 g/mol. The fourth-order valence-electron chi connectivity index (χ4n) is 3.03. The van der Waals surface area contributed by atoms with Gasteiger partial charge in [-0.15, -0.1) is 0 Å². The summed E-state index contributed by atoms with van der Waals surface area (Å²) in [5.41, 5.74) is 0.664. The van der Waals surface area contributed by atoms with Crippen LogP contribution in [0.2, 0.25) is 10.0 Å². The summed E-state index contributed by atoms with van der Waals surface area (Å²) in [4.78, 5) is 27.2. The van der Waals surface area contributed by atoms with Crippen molar-refractivity contribution in [3.8, 4) is 0 Å². The molecule has 2 amide bonds. The van der Waals surface area contributed by atoms with Crippen LogP contribution in [0.3, 0.4) is 0 Å². The summed E-state index contributed by atoms with van der Waals surface area (Å²) in [6.45, 7) is 3.25. The molecule has 0 aliphatic rings. The molecule has 0 aliphatic carbocycles. The molecule has 2 aromatic carbocycles. The van der Waals surface area contributed by atoms with Crippen LogP contribution in [0.25, 0.3) is 0 Å². The second-order valence-corrected chi connectivity index (χ2v) is 10.2. The highest BCUT2D eigenvalue weighted by molar-refractivity contribution is 7.92. The minimum atomic E-state index is -3.89. The number of benzene rings is 2. The van der Waals surface area contributed by atoms with Gasteiger partial charge in [-0.3, -0.25) is 13.9 Å². The lowest BCUT2D eigenvalue weighted by Gasteiger charge is -2.31. The third-order valence-corrected chi connectivity index (χ3v) is 6.59. The van der Waals surface area contributed by atoms with Gasteiger partial charge in [0.25, 0.3) is 0 Å². The van der Waals surface area contributed by atoms with Crippen molar-refractivity contribution < 1.29 is 22.4 Å². The number of sulfonamides is 1. The third kappa shape index (κ3) is 7.58. The molecular formula is C22H26Cl2FN3O4S. The molecule has 0 aromatic heterocycles. The molecule has 1 N–H and O–H groups in total. The lowest BCUT2D eigenvalue weighted by atomic mass is 10.1. The monoisotopic (exact) mass is 517 g/mol. The average molecular weight is 518 g/mol. The molecule has 33 heavy (non-hydrogen) atoms. The molecule has 0 fully saturated rings. The number of halogens is 3. The number of hydrogen-bond acceptors (Lipinski definition) is 4. The normalized spacial score (nSPS) is 12.2. The van der Waals surface area contributed by atoms with Crippen molar-refractivity contribution in [3.05, 3.63) is 63.9 Å². The molecule has 180 valence electrons. The number of anilines is 1. The van der Waals surface area contributed by atoms with Crippen LogP contribution in [-0.4, -0.2) is 50.5 Å². The van der Waals surface area contributed by atoms with Gasteiger partial charge in [-0.1, -0.05) is 36.2 Å². The Morgan fingerprint density at radius 1 is 1.12 bits per heavy atom. The topological polar surface area (TPSA) is 86.8 Å². The van der Waals surface area contributed by atoms with E-state index in [1.165, 1.54) is 23.1 Å². The second kappa shape index (κ2) is 11.7. The molecule has 0 heterocycles. The number of rotatable bonds is 10. The van der Waals surface area contributed by atoms with Crippen LogP contribution < -0.4 is 9.62 Å². The largest absolute Gasteiger partial charge is 0.354 e. The van der Waals surface area contributed by atoms with Gasteiger partial charge in [0.15, 0.2) is 0 Å². The van der Waals surface area contributed by atoms with Crippen LogP contribution in [0.1, 0.15) is 25.8 Å². The molecule has 0 bridgehead atoms. The van der Waals surface area contributed by atoms with Gasteiger partial charge in [0.05, 0.1) is 11.9 Å². The highest BCUT2D eigenvalue weighted by Gasteiger charge is 2.30. The first-order chi connectivity index (χ1) is 15.4. The van der Waals surface area contributed by atoms with E-state index >= 15 is 0 Å². The van der Waals surface area contributed by atoms with Crippen LogP contribution in [0.15, 0.2) is 42.5 Å². The Labute approximate surface area is 203 Å². The third-order valence-electron chi connectivity index (χ3n) is 4.87. The summed E-state index contributed by atoms with van der Waals surface area (Å²) < 4.78 is 39.0. The van der Waals surface area contributed by atoms with Crippen LogP contribution in [-0.2, 0) is 26.2 Å². The summed E-state index contributed by atoms with van der Waals surface area (Å²) in [5.74, 6) is -1.56. The molecule has 0 spiro atoms. The summed E-state index contributed by atoms with van der Waals surface area (Å²) in [7, 11) is -3.89. The maximum Gasteiger partial charge on any atom is 0.244 e. The number of amides is 2. The Morgan fingerprint density at radius 3 is 2.30 bits per heavy atom. The number of nitrogens with one attached hydrogen (secondary N) is 1. The van der Waals surface area contributed by atoms with E-state index in [0.717, 1.165) is 22.7 Å². The zero-order valence-corrected chi connectivity index (χ0v) is 20.8. The van der Waals surface area contributed by atoms with Crippen LogP contribution >= 0.6 is 23.2 Å². The Hall–Kier alpha value is -2.36. The Kier molecular flexibility index (Phi) is 9.51. The number of hydrogen-bond donors (Lipinski definition) is 1. The Balaban J connectivity index is 2.39. The summed E-state index contributed by atoms with van der Waals surface area (Å²) in [6, 6.07) is 8.58. The van der Waals surface area contributed by atoms with Crippen LogP contribution in [0, 0.1) is 5.82 Å². The SMILES string of the molecule is CCCNC(=O)C(C)N(Cc1ccc(Cl)cc1Cl)C(=O)CN(c1ccc(F)cc1)S(C)(=O)=O. The number of nitrogens with zero attached hydrogens (tertiary/aromatic N) is 2. The lowest BCUT2D eigenvalue weighted by Crippen LogP contribution is -2.51. The minimum absolute atomic E-state index is 0.0451. The Bertz CT molecular complexity index is 1100. The first-order valence-electron chi connectivity index (χ1n) is 10.2. The zero-order valence-electron chi connectivity index (χ0n) is 18.5. The molecule has 2 aromatic rings. The molecule has 0 radical (unpaired) electrons. The van der Waals surface area contributed by atoms with E-state index in [9.17, 15) is 22.4 Å². The quantitative estimate of drug-likeness (QED) is 0.518. The number of carbonyl (C=O) groups is 2. The second-order valence-electron chi connectivity index (χ2n) is 7.47. The molecule has 0 aliphatic heterocycles. The zero-order chi connectivity index (χ0) is 24.8. The fraction of sp³-hybridized carbons (Fsp3) is 0.364. The van der Waals surface area contributed by atoms with E-state index in [0.29, 0.717) is 28.6 Å². The highest BCUT2D eigenvalue weighted by atomic mass is 35.5. The van der Waals surface area contributed by atoms with Gasteiger partial charge in [0.1, 0.15) is 18.4 Å². The smallest absolute Gasteiger partial charge is 0.244 e. The van der Waals surface area contributed by atoms with Crippen molar-refractivity contribution in [1.29, 1.82) is 0 Å². The average Bonchev–Trinajstić information content (AvgIpc) is 2.74. The molecule has 0 saturated carbocycles. The van der Waals surface area contributed by atoms with E-state index in [1.807, 2.05) is 6.92 Å². The van der Waals surface area contributed by atoms with Crippen molar-refractivity contribution in [2.24, 2.45) is 0 Å². The standard InChI is InChI=1S/C22H26Cl2FN3O4S/c1-4-11-26-22(30)15(2)27(13-16-5-6-17(23)12-20(16)24)21(29)14-28(33(3,31)32)19-9-7-18(25)8-10-19/h5-10,12,15H,4,11,13-14H2,1-3H3,(H,26,30). The summed E-state index contributed by atoms with van der Waals surface area (Å²) in [5, 5.41) is 3.46. The van der Waals surface area contributed by atoms with Gasteiger partial charge in [-0.05, 0) is 55.3 Å². The van der Waals surface area contributed by atoms with Crippen LogP contribution in [0.5, 0.6) is 0 Å². The van der Waals surface area contributed by atoms with E-state index in [1.54, 1.807) is 19.1 Å². The number of carbonyl (C=O) groups excluding carboxylic acids is 2. The van der Waals surface area contributed by atoms with Crippen LogP contribution in [0.4, 0.5) is 10.1 Å². The van der Waals surface area contributed by atoms with E-state index in [4.69, 9.17) is 23.2 Å². The first-order valence-corrected chi connectivity index (χ1v) is 12.8. The predicted octanol–water partition coefficient (Wildman–Crippen LogP) is 3.84. The minimum Gasteiger partial charge on any atom is -0.354 e. The van der Waals surface area contributed by atoms with Gasteiger partial charge in [-0.25, -0.2) is 12.8 Å². The van der Waals surface area contributed by atoms with E-state index < -0.39 is 34.3 Å². The Morgan fingerprint density at radius 2 is 1.76 bits per heavy atom. The van der Waals surface area contributed by atoms with Crippen molar-refractivity contribution in [2.75, 3.05) is 23.7 Å².